The van der Waals surface area contributed by atoms with Gasteiger partial charge in [-0.05, 0) is 31.2 Å². The van der Waals surface area contributed by atoms with Gasteiger partial charge in [0.1, 0.15) is 5.82 Å². The second-order valence-corrected chi connectivity index (χ2v) is 3.97. The van der Waals surface area contributed by atoms with Crippen LogP contribution in [-0.4, -0.2) is 21.1 Å². The predicted molar refractivity (Wildman–Crippen MR) is 67.6 cm³/mol. The van der Waals surface area contributed by atoms with Crippen LogP contribution in [0.4, 0.5) is 0 Å². The molecule has 0 fully saturated rings. The molecule has 0 radical (unpaired) electrons. The van der Waals surface area contributed by atoms with Crippen molar-refractivity contribution >= 4 is 0 Å². The number of nitrogens with zero attached hydrogens (tertiary/aromatic N) is 3. The van der Waals surface area contributed by atoms with Gasteiger partial charge >= 0.3 is 0 Å². The van der Waals surface area contributed by atoms with Crippen LogP contribution >= 0.6 is 0 Å². The first-order valence-electron chi connectivity index (χ1n) is 6.00. The Hall–Kier alpha value is -1.68. The van der Waals surface area contributed by atoms with E-state index in [-0.39, 0.29) is 0 Å². The summed E-state index contributed by atoms with van der Waals surface area (Å²) in [5, 5.41) is 3.40. The van der Waals surface area contributed by atoms with E-state index in [1.165, 1.54) is 5.69 Å². The fraction of sp³-hybridized carbons (Fsp3) is 0.385. The van der Waals surface area contributed by atoms with Crippen molar-refractivity contribution in [3.63, 3.8) is 0 Å². The van der Waals surface area contributed by atoms with Gasteiger partial charge in [0, 0.05) is 30.8 Å². The molecule has 17 heavy (non-hydrogen) atoms. The first kappa shape index (κ1) is 11.8. The fourth-order valence-electron chi connectivity index (χ4n) is 1.72. The molecular formula is C13H18N4. The zero-order chi connectivity index (χ0) is 11.9. The number of hydrogen-bond acceptors (Lipinski definition) is 3. The minimum Gasteiger partial charge on any atom is -0.343 e. The Balaban J connectivity index is 1.99. The van der Waals surface area contributed by atoms with Crippen LogP contribution < -0.4 is 5.32 Å². The summed E-state index contributed by atoms with van der Waals surface area (Å²) in [5.41, 5.74) is 1.27. The lowest BCUT2D eigenvalue weighted by Crippen LogP contribution is -2.17. The molecule has 0 atom stereocenters. The van der Waals surface area contributed by atoms with Gasteiger partial charge in [-0.2, -0.15) is 0 Å². The Morgan fingerprint density at radius 3 is 2.82 bits per heavy atom. The van der Waals surface area contributed by atoms with Crippen LogP contribution in [0.3, 0.4) is 0 Å². The lowest BCUT2D eigenvalue weighted by Gasteiger charge is -2.08. The molecule has 90 valence electrons. The van der Waals surface area contributed by atoms with Crippen molar-refractivity contribution in [2.45, 2.75) is 26.4 Å². The van der Waals surface area contributed by atoms with Crippen LogP contribution in [0.25, 0.3) is 0 Å². The maximum Gasteiger partial charge on any atom is 0.147 e. The van der Waals surface area contributed by atoms with Gasteiger partial charge in [-0.25, -0.2) is 9.97 Å². The van der Waals surface area contributed by atoms with Crippen molar-refractivity contribution in [3.8, 4) is 0 Å². The molecule has 0 aliphatic carbocycles. The SMILES string of the molecule is CCCNCc1cccn1Cc1ncccn1. The molecule has 1 N–H and O–H groups in total. The Kier molecular flexibility index (Phi) is 4.27. The lowest BCUT2D eigenvalue weighted by molar-refractivity contribution is 0.622. The van der Waals surface area contributed by atoms with Crippen molar-refractivity contribution in [3.05, 3.63) is 48.3 Å². The van der Waals surface area contributed by atoms with Crippen LogP contribution in [0.15, 0.2) is 36.8 Å². The Morgan fingerprint density at radius 1 is 1.24 bits per heavy atom. The van der Waals surface area contributed by atoms with Crippen LogP contribution in [0.5, 0.6) is 0 Å². The van der Waals surface area contributed by atoms with Gasteiger partial charge in [-0.15, -0.1) is 0 Å². The number of aromatic nitrogens is 3. The monoisotopic (exact) mass is 230 g/mol. The van der Waals surface area contributed by atoms with Crippen LogP contribution in [-0.2, 0) is 13.1 Å². The first-order chi connectivity index (χ1) is 8.40. The van der Waals surface area contributed by atoms with Crippen molar-refractivity contribution in [2.24, 2.45) is 0 Å². The molecule has 2 rings (SSSR count). The standard InChI is InChI=1S/C13H18N4/c1-2-6-14-10-12-5-3-9-17(12)11-13-15-7-4-8-16-13/h3-5,7-9,14H,2,6,10-11H2,1H3. The second kappa shape index (κ2) is 6.15. The van der Waals surface area contributed by atoms with Crippen LogP contribution in [0.2, 0.25) is 0 Å². The van der Waals surface area contributed by atoms with Crippen LogP contribution in [0, 0.1) is 0 Å². The maximum absolute atomic E-state index is 4.24. The molecule has 2 aromatic rings. The maximum atomic E-state index is 4.24. The minimum atomic E-state index is 0.733. The number of nitrogens with one attached hydrogen (secondary N) is 1. The highest BCUT2D eigenvalue weighted by Gasteiger charge is 2.02. The molecule has 2 heterocycles. The van der Waals surface area contributed by atoms with E-state index in [2.05, 4.69) is 45.1 Å². The molecule has 0 spiro atoms. The lowest BCUT2D eigenvalue weighted by atomic mass is 10.4. The van der Waals surface area contributed by atoms with E-state index >= 15 is 0 Å². The summed E-state index contributed by atoms with van der Waals surface area (Å²) in [6, 6.07) is 6.03. The van der Waals surface area contributed by atoms with Gasteiger partial charge in [-0.3, -0.25) is 0 Å². The molecule has 0 aromatic carbocycles. The summed E-state index contributed by atoms with van der Waals surface area (Å²) in [6.45, 7) is 4.85. The van der Waals surface area contributed by atoms with Gasteiger partial charge in [0.15, 0.2) is 0 Å². The molecule has 0 saturated carbocycles. The molecule has 4 nitrogen and oxygen atoms in total. The van der Waals surface area contributed by atoms with E-state index in [4.69, 9.17) is 0 Å². The van der Waals surface area contributed by atoms with E-state index in [1.807, 2.05) is 6.07 Å². The largest absolute Gasteiger partial charge is 0.343 e. The normalized spacial score (nSPS) is 10.6. The van der Waals surface area contributed by atoms with Crippen LogP contribution in [0.1, 0.15) is 24.9 Å². The third-order valence-corrected chi connectivity index (χ3v) is 2.59. The zero-order valence-corrected chi connectivity index (χ0v) is 10.1. The molecule has 0 bridgehead atoms. The van der Waals surface area contributed by atoms with Crippen molar-refractivity contribution in [2.75, 3.05) is 6.54 Å². The summed E-state index contributed by atoms with van der Waals surface area (Å²) < 4.78 is 2.18. The van der Waals surface area contributed by atoms with Crippen molar-refractivity contribution in [1.29, 1.82) is 0 Å². The summed E-state index contributed by atoms with van der Waals surface area (Å²) in [6.07, 6.45) is 6.78. The molecule has 2 aromatic heterocycles. The minimum absolute atomic E-state index is 0.733. The molecule has 4 heteroatoms. The summed E-state index contributed by atoms with van der Waals surface area (Å²) in [4.78, 5) is 8.48. The topological polar surface area (TPSA) is 42.7 Å². The van der Waals surface area contributed by atoms with Gasteiger partial charge in [-0.1, -0.05) is 6.92 Å². The van der Waals surface area contributed by atoms with E-state index in [9.17, 15) is 0 Å². The first-order valence-corrected chi connectivity index (χ1v) is 6.00. The molecule has 0 aliphatic heterocycles. The molecule has 0 saturated heterocycles. The molecule has 0 amide bonds. The highest BCUT2D eigenvalue weighted by molar-refractivity contribution is 5.08. The summed E-state index contributed by atoms with van der Waals surface area (Å²) in [5.74, 6) is 0.848. The average Bonchev–Trinajstić information content (AvgIpc) is 2.79. The highest BCUT2D eigenvalue weighted by atomic mass is 15.0. The number of hydrogen-bond donors (Lipinski definition) is 1. The zero-order valence-electron chi connectivity index (χ0n) is 10.1. The molecular weight excluding hydrogens is 212 g/mol. The van der Waals surface area contributed by atoms with E-state index in [0.717, 1.165) is 31.9 Å². The average molecular weight is 230 g/mol. The smallest absolute Gasteiger partial charge is 0.147 e. The van der Waals surface area contributed by atoms with Gasteiger partial charge < -0.3 is 9.88 Å². The fourth-order valence-corrected chi connectivity index (χ4v) is 1.72. The molecule has 0 aliphatic rings. The Labute approximate surface area is 102 Å². The quantitative estimate of drug-likeness (QED) is 0.770. The predicted octanol–water partition coefficient (Wildman–Crippen LogP) is 1.83. The summed E-state index contributed by atoms with van der Waals surface area (Å²) in [7, 11) is 0. The Morgan fingerprint density at radius 2 is 2.06 bits per heavy atom. The summed E-state index contributed by atoms with van der Waals surface area (Å²) >= 11 is 0. The third-order valence-electron chi connectivity index (χ3n) is 2.59. The Bertz CT molecular complexity index is 436. The van der Waals surface area contributed by atoms with E-state index in [1.54, 1.807) is 12.4 Å². The highest BCUT2D eigenvalue weighted by Crippen LogP contribution is 2.04. The van der Waals surface area contributed by atoms with Gasteiger partial charge in [0.25, 0.3) is 0 Å². The molecule has 0 unspecified atom stereocenters. The number of rotatable bonds is 6. The van der Waals surface area contributed by atoms with Gasteiger partial charge in [0.2, 0.25) is 0 Å². The van der Waals surface area contributed by atoms with E-state index < -0.39 is 0 Å². The van der Waals surface area contributed by atoms with Crippen molar-refractivity contribution in [1.82, 2.24) is 19.9 Å². The van der Waals surface area contributed by atoms with Crippen molar-refractivity contribution < 1.29 is 0 Å². The second-order valence-electron chi connectivity index (χ2n) is 3.97. The van der Waals surface area contributed by atoms with E-state index in [0.29, 0.717) is 0 Å². The third kappa shape index (κ3) is 3.39. The van der Waals surface area contributed by atoms with Gasteiger partial charge in [0.05, 0.1) is 6.54 Å².